The third-order valence-corrected chi connectivity index (χ3v) is 21.4. The van der Waals surface area contributed by atoms with Crippen molar-refractivity contribution in [3.63, 3.8) is 0 Å². The van der Waals surface area contributed by atoms with Crippen molar-refractivity contribution in [1.82, 2.24) is 52.8 Å². The quantitative estimate of drug-likeness (QED) is 0.0375. The molecule has 0 aromatic heterocycles. The number of unbranched alkanes of at least 4 members (excludes halogenated alkanes) is 5. The number of carbonyl (C=O) groups excluding carboxylic acids is 8. The molecule has 117 heavy (non-hydrogen) atoms. The van der Waals surface area contributed by atoms with Crippen molar-refractivity contribution >= 4 is 76.4 Å². The topological polar surface area (TPSA) is 493 Å². The third-order valence-electron chi connectivity index (χ3n) is 20.7. The molecular weight excluding hydrogens is 1560 g/mol. The van der Waals surface area contributed by atoms with Gasteiger partial charge in [-0.2, -0.15) is 0 Å². The number of likely N-dealkylation sites (N-methyl/N-ethyl adjacent to an activating group) is 1. The number of aliphatic hydroxyl groups excluding tert-OH is 3. The lowest BCUT2D eigenvalue weighted by atomic mass is 9.89. The van der Waals surface area contributed by atoms with Gasteiger partial charge in [-0.15, -0.1) is 0 Å². The van der Waals surface area contributed by atoms with Gasteiger partial charge in [-0.1, -0.05) is 106 Å². The van der Waals surface area contributed by atoms with E-state index in [0.29, 0.717) is 37.3 Å². The first-order valence-electron chi connectivity index (χ1n) is 38.0. The van der Waals surface area contributed by atoms with Crippen LogP contribution in [0.4, 0.5) is 0 Å². The fourth-order valence-electron chi connectivity index (χ4n) is 14.5. The number of phenols is 5. The van der Waals surface area contributed by atoms with Crippen LogP contribution in [0.1, 0.15) is 147 Å². The van der Waals surface area contributed by atoms with Crippen LogP contribution in [0.5, 0.6) is 69.0 Å². The molecule has 1 fully saturated rings. The highest BCUT2D eigenvalue weighted by Gasteiger charge is 2.51. The molecule has 17 bridgehead atoms. The van der Waals surface area contributed by atoms with Crippen LogP contribution in [-0.2, 0) is 54.3 Å². The Bertz CT molecular complexity index is 4980. The van der Waals surface area contributed by atoms with Crippen LogP contribution < -0.4 is 66.8 Å². The molecule has 7 aromatic rings. The molecule has 18 N–H and O–H groups in total. The van der Waals surface area contributed by atoms with Crippen molar-refractivity contribution in [3.8, 4) is 80.1 Å². The van der Waals surface area contributed by atoms with Crippen molar-refractivity contribution in [1.29, 1.82) is 0 Å². The number of carboxylic acid groups (broad SMARTS) is 1. The smallest absolute Gasteiger partial charge is 0.335 e. The van der Waals surface area contributed by atoms with E-state index in [4.69, 9.17) is 46.9 Å². The molecular formula is C82H90Cl2N10O23. The number of nitrogens with one attached hydrogen (secondary N) is 9. The van der Waals surface area contributed by atoms with E-state index in [1.165, 1.54) is 61.6 Å². The monoisotopic (exact) mass is 1650 g/mol. The summed E-state index contributed by atoms with van der Waals surface area (Å²) in [5, 5.41) is 128. The highest BCUT2D eigenvalue weighted by Crippen LogP contribution is 2.50. The summed E-state index contributed by atoms with van der Waals surface area (Å²) in [7, 11) is 5.04. The Balaban J connectivity index is 1.08. The Morgan fingerprint density at radius 3 is 1.92 bits per heavy atom. The van der Waals surface area contributed by atoms with E-state index < -0.39 is 205 Å². The van der Waals surface area contributed by atoms with Crippen LogP contribution in [0, 0.1) is 5.92 Å². The zero-order valence-electron chi connectivity index (χ0n) is 64.0. The lowest BCUT2D eigenvalue weighted by Gasteiger charge is -2.41. The lowest BCUT2D eigenvalue weighted by Crippen LogP contribution is -2.66. The first-order valence-corrected chi connectivity index (χ1v) is 38.7. The van der Waals surface area contributed by atoms with Gasteiger partial charge in [0, 0.05) is 48.2 Å². The second-order valence-corrected chi connectivity index (χ2v) is 30.7. The number of carboxylic acids is 1. The molecule has 0 radical (unpaired) electrons. The average molecular weight is 1650 g/mol. The van der Waals surface area contributed by atoms with Crippen LogP contribution in [0.3, 0.4) is 0 Å². The number of phenolic OH excluding ortho intramolecular Hbond substituents is 5. The maximum absolute atomic E-state index is 16.6. The number of amides is 8. The molecule has 13 atom stereocenters. The molecule has 0 aliphatic carbocycles. The largest absolute Gasteiger partial charge is 0.508 e. The van der Waals surface area contributed by atoms with Gasteiger partial charge in [0.05, 0.1) is 10.0 Å². The molecule has 0 unspecified atom stereocenters. The van der Waals surface area contributed by atoms with E-state index in [9.17, 15) is 65.1 Å². The maximum atomic E-state index is 16.6. The van der Waals surface area contributed by atoms with Gasteiger partial charge in [0.15, 0.2) is 29.1 Å². The predicted molar refractivity (Wildman–Crippen MR) is 419 cm³/mol. The highest BCUT2D eigenvalue weighted by atomic mass is 35.5. The van der Waals surface area contributed by atoms with E-state index >= 15 is 24.0 Å². The second-order valence-electron chi connectivity index (χ2n) is 29.9. The fraction of sp³-hybridized carbons (Fsp3) is 0.378. The Morgan fingerprint density at radius 2 is 1.22 bits per heavy atom. The van der Waals surface area contributed by atoms with E-state index in [-0.39, 0.29) is 70.2 Å². The Hall–Kier alpha value is -11.7. The minimum absolute atomic E-state index is 0.000704. The van der Waals surface area contributed by atoms with E-state index in [0.717, 1.165) is 92.8 Å². The minimum Gasteiger partial charge on any atom is -0.508 e. The first-order chi connectivity index (χ1) is 55.8. The van der Waals surface area contributed by atoms with Crippen molar-refractivity contribution in [2.75, 3.05) is 34.2 Å². The molecule has 7 aliphatic rings. The maximum Gasteiger partial charge on any atom is 0.335 e. The molecule has 620 valence electrons. The number of hydrogen-bond acceptors (Lipinski definition) is 24. The highest BCUT2D eigenvalue weighted by molar-refractivity contribution is 6.33. The number of aromatic hydroxyl groups is 5. The van der Waals surface area contributed by atoms with Crippen molar-refractivity contribution < 1.29 is 113 Å². The number of hydrogen-bond donors (Lipinski definition) is 18. The number of aliphatic hydroxyl groups is 3. The molecule has 33 nitrogen and oxygen atoms in total. The Kier molecular flexibility index (Phi) is 26.5. The molecule has 1 saturated heterocycles. The summed E-state index contributed by atoms with van der Waals surface area (Å²) >= 11 is 14.2. The first kappa shape index (κ1) is 84.7. The standard InChI is InChI=1S/C82H90Cl2N10O23/c1-37(2)13-10-8-6-7-9-11-14-59(100)88-68-70(102)71(103)73(81(111)112)117-82(68)116-72-57-31-42-32-58(72)115-55-24-19-41(29-49(55)83)69(101)67-80(110)92-65(75(105)86-25-12-26-94(4)5)47-33-43(95)34-53(98)60(47)46-28-39(17-22-51(46)96)63(77(107)93-67)89-78(108)64(42)90-79(109)66-48-35-45(36-54(99)61(48)84)114-56-30-40(18-23-52(56)97)62(85-3)76(106)87-50(74(104)91-66)27-38-15-20-44(113-57)21-16-38/h15-24,28-37,50,62-71,73,82,85,95-99,101-103H,6-14,25-27H2,1-5H3,(H,86,105)(H,87,106)(H,88,100)(H,89,108)(H,90,109)(H,91,104)(H,92,110)(H,93,107)(H,111,112)/t50-,62+,63-,64-,65+,66+,67+,68-,69-,70-,71+,73+,82-/m1/s1. The van der Waals surface area contributed by atoms with Gasteiger partial charge in [0.1, 0.15) is 107 Å². The van der Waals surface area contributed by atoms with Crippen LogP contribution in [-0.4, -0.2) is 181 Å². The van der Waals surface area contributed by atoms with Gasteiger partial charge < -0.3 is 122 Å². The van der Waals surface area contributed by atoms with Gasteiger partial charge in [0.2, 0.25) is 59.3 Å². The second kappa shape index (κ2) is 36.6. The summed E-state index contributed by atoms with van der Waals surface area (Å²) in [5.74, 6) is -16.5. The van der Waals surface area contributed by atoms with Gasteiger partial charge >= 0.3 is 5.97 Å². The van der Waals surface area contributed by atoms with Gasteiger partial charge in [-0.05, 0) is 153 Å². The van der Waals surface area contributed by atoms with E-state index in [1.807, 2.05) is 4.90 Å². The molecule has 35 heteroatoms. The lowest BCUT2D eigenvalue weighted by molar-refractivity contribution is -0.241. The van der Waals surface area contributed by atoms with Crippen LogP contribution in [0.15, 0.2) is 115 Å². The SMILES string of the molecule is CN[C@@H]1C(=O)N[C@@H]2Cc3ccc(cc3)Oc3cc4cc(c3O[C@@H]3O[C@H](C(=O)O)[C@@H](O)[C@H](O)[C@H]3NC(=O)CCCCCCCCC(C)C)Oc3ccc(cc3Cl)[C@@H](O)[C@@H]3NC(=O)[C@H](NC(=O)[C@@H]4NC(=O)[C@@H](NC2=O)c2cc(cc(O)c2Cl)Oc2cc1ccc2O)c1ccc(O)c(c1)-c1c(O)cc(O)cc1[C@@H](C(=O)NCCCN(C)C)NC3=O. The molecule has 0 saturated carbocycles. The van der Waals surface area contributed by atoms with Gasteiger partial charge in [0.25, 0.3) is 0 Å². The van der Waals surface area contributed by atoms with Crippen molar-refractivity contribution in [2.45, 2.75) is 157 Å². The molecule has 8 amide bonds. The number of carbonyl (C=O) groups is 9. The molecule has 0 spiro atoms. The average Bonchev–Trinajstić information content (AvgIpc) is 0.765. The summed E-state index contributed by atoms with van der Waals surface area (Å²) in [4.78, 5) is 138. The van der Waals surface area contributed by atoms with E-state index in [1.54, 1.807) is 14.1 Å². The van der Waals surface area contributed by atoms with Gasteiger partial charge in [-0.3, -0.25) is 38.4 Å². The number of halogens is 2. The fourth-order valence-corrected chi connectivity index (χ4v) is 15.0. The summed E-state index contributed by atoms with van der Waals surface area (Å²) in [6.45, 7) is 4.77. The van der Waals surface area contributed by atoms with Crippen LogP contribution in [0.25, 0.3) is 11.1 Å². The minimum atomic E-state index is -2.37. The van der Waals surface area contributed by atoms with E-state index in [2.05, 4.69) is 61.7 Å². The zero-order valence-corrected chi connectivity index (χ0v) is 65.5. The third kappa shape index (κ3) is 19.4. The van der Waals surface area contributed by atoms with Crippen LogP contribution in [0.2, 0.25) is 10.0 Å². The van der Waals surface area contributed by atoms with Gasteiger partial charge in [-0.25, -0.2) is 4.79 Å². The number of rotatable bonds is 19. The normalized spacial score (nSPS) is 23.2. The number of nitrogens with zero attached hydrogens (tertiary/aromatic N) is 1. The predicted octanol–water partition coefficient (Wildman–Crippen LogP) is 6.69. The summed E-state index contributed by atoms with van der Waals surface area (Å²) in [6, 6.07) is 6.90. The Labute approximate surface area is 680 Å². The van der Waals surface area contributed by atoms with Crippen LogP contribution >= 0.6 is 23.2 Å². The molecule has 7 heterocycles. The molecule has 7 aromatic carbocycles. The van der Waals surface area contributed by atoms with Crippen molar-refractivity contribution in [3.05, 3.63) is 164 Å². The number of benzene rings is 7. The summed E-state index contributed by atoms with van der Waals surface area (Å²) in [5.41, 5.74) is -2.06. The molecule has 14 rings (SSSR count). The Morgan fingerprint density at radius 1 is 0.581 bits per heavy atom. The number of ether oxygens (including phenoxy) is 5. The summed E-state index contributed by atoms with van der Waals surface area (Å²) in [6.07, 6.45) is -5.33. The summed E-state index contributed by atoms with van der Waals surface area (Å²) < 4.78 is 32.3. The molecule has 7 aliphatic heterocycles. The number of fused-ring (bicyclic) bond motifs is 14. The zero-order chi connectivity index (χ0) is 84.0. The number of aliphatic carboxylic acids is 1. The van der Waals surface area contributed by atoms with Crippen molar-refractivity contribution in [2.24, 2.45) is 5.92 Å².